The molecule has 198 valence electrons. The molecule has 38 heavy (non-hydrogen) atoms. The molecule has 0 unspecified atom stereocenters. The molecule has 6 rings (SSSR count). The minimum atomic E-state index is -0.132. The average molecular weight is 528 g/mol. The van der Waals surface area contributed by atoms with Crippen molar-refractivity contribution in [2.45, 2.75) is 81.3 Å². The lowest BCUT2D eigenvalue weighted by atomic mass is 9.62. The van der Waals surface area contributed by atoms with E-state index >= 15 is 0 Å². The summed E-state index contributed by atoms with van der Waals surface area (Å²) >= 11 is 1.44. The molecule has 2 aromatic carbocycles. The first-order valence-electron chi connectivity index (χ1n) is 14.3. The molecule has 6 heteroatoms. The molecular formula is C32H37N3O2S. The van der Waals surface area contributed by atoms with Gasteiger partial charge < -0.3 is 4.90 Å². The molecule has 2 fully saturated rings. The van der Waals surface area contributed by atoms with Gasteiger partial charge in [0.25, 0.3) is 5.56 Å². The van der Waals surface area contributed by atoms with E-state index in [4.69, 9.17) is 4.98 Å². The van der Waals surface area contributed by atoms with Gasteiger partial charge in [-0.3, -0.25) is 14.2 Å². The Bertz CT molecular complexity index is 1350. The third kappa shape index (κ3) is 4.95. The van der Waals surface area contributed by atoms with E-state index in [1.165, 1.54) is 35.7 Å². The normalized spacial score (nSPS) is 18.2. The number of nitrogens with zero attached hydrogens (tertiary/aromatic N) is 3. The maximum atomic E-state index is 14.5. The molecule has 3 aromatic rings. The van der Waals surface area contributed by atoms with Crippen molar-refractivity contribution in [1.29, 1.82) is 0 Å². The molecule has 5 nitrogen and oxygen atoms in total. The number of fused-ring (bicyclic) bond motifs is 4. The van der Waals surface area contributed by atoms with Crippen molar-refractivity contribution in [3.63, 3.8) is 0 Å². The van der Waals surface area contributed by atoms with E-state index in [1.807, 2.05) is 27.7 Å². The van der Waals surface area contributed by atoms with E-state index in [9.17, 15) is 9.59 Å². The first kappa shape index (κ1) is 25.4. The summed E-state index contributed by atoms with van der Waals surface area (Å²) in [5.41, 5.74) is 5.36. The number of aryl methyl sites for hydroxylation is 1. The number of piperidine rings is 1. The first-order valence-corrected chi connectivity index (χ1v) is 15.3. The van der Waals surface area contributed by atoms with Gasteiger partial charge in [-0.2, -0.15) is 0 Å². The number of amides is 1. The summed E-state index contributed by atoms with van der Waals surface area (Å²) in [6.07, 6.45) is 10.7. The van der Waals surface area contributed by atoms with E-state index in [0.717, 1.165) is 81.3 Å². The zero-order valence-electron chi connectivity index (χ0n) is 22.2. The number of likely N-dealkylation sites (tertiary alicyclic amines) is 1. The van der Waals surface area contributed by atoms with Crippen LogP contribution in [0, 0.1) is 0 Å². The lowest BCUT2D eigenvalue weighted by Gasteiger charge is -2.42. The summed E-state index contributed by atoms with van der Waals surface area (Å²) in [5.74, 6) is 0.476. The second kappa shape index (κ2) is 11.1. The third-order valence-corrected chi connectivity index (χ3v) is 9.74. The average Bonchev–Trinajstić information content (AvgIpc) is 2.96. The van der Waals surface area contributed by atoms with Crippen LogP contribution in [0.1, 0.15) is 68.1 Å². The van der Waals surface area contributed by atoms with Crippen molar-refractivity contribution < 1.29 is 4.79 Å². The molecule has 2 aliphatic carbocycles. The van der Waals surface area contributed by atoms with Gasteiger partial charge in [0.15, 0.2) is 5.16 Å². The highest BCUT2D eigenvalue weighted by atomic mass is 32.2. The highest BCUT2D eigenvalue weighted by molar-refractivity contribution is 7.99. The Balaban J connectivity index is 1.42. The third-order valence-electron chi connectivity index (χ3n) is 8.78. The van der Waals surface area contributed by atoms with Crippen LogP contribution in [0.25, 0.3) is 11.3 Å². The number of aromatic nitrogens is 2. The van der Waals surface area contributed by atoms with Gasteiger partial charge in [0, 0.05) is 30.6 Å². The van der Waals surface area contributed by atoms with Crippen LogP contribution >= 0.6 is 11.8 Å². The molecule has 0 atom stereocenters. The zero-order chi connectivity index (χ0) is 26.0. The number of carbonyl (C=O) groups excluding carboxylic acids is 1. The van der Waals surface area contributed by atoms with E-state index in [1.54, 1.807) is 0 Å². The molecule has 1 aromatic heterocycles. The Morgan fingerprint density at radius 2 is 1.61 bits per heavy atom. The predicted octanol–water partition coefficient (Wildman–Crippen LogP) is 6.02. The van der Waals surface area contributed by atoms with E-state index in [-0.39, 0.29) is 16.9 Å². The number of hydrogen-bond acceptors (Lipinski definition) is 4. The van der Waals surface area contributed by atoms with Crippen LogP contribution in [-0.2, 0) is 29.6 Å². The molecule has 1 saturated heterocycles. The summed E-state index contributed by atoms with van der Waals surface area (Å²) < 4.78 is 1.89. The molecule has 0 bridgehead atoms. The van der Waals surface area contributed by atoms with E-state index in [2.05, 4.69) is 36.4 Å². The second-order valence-corrected chi connectivity index (χ2v) is 12.2. The van der Waals surface area contributed by atoms with Crippen LogP contribution in [0.3, 0.4) is 0 Å². The summed E-state index contributed by atoms with van der Waals surface area (Å²) in [5, 5.41) is 0.678. The van der Waals surface area contributed by atoms with Crippen LogP contribution in [0.2, 0.25) is 0 Å². The topological polar surface area (TPSA) is 55.2 Å². The van der Waals surface area contributed by atoms with Crippen LogP contribution in [0.15, 0.2) is 64.5 Å². The number of benzene rings is 2. The van der Waals surface area contributed by atoms with Gasteiger partial charge in [-0.1, -0.05) is 85.6 Å². The Hall–Kier alpha value is -2.86. The van der Waals surface area contributed by atoms with Gasteiger partial charge >= 0.3 is 0 Å². The Morgan fingerprint density at radius 3 is 2.39 bits per heavy atom. The molecule has 1 spiro atoms. The minimum absolute atomic E-state index is 0.107. The van der Waals surface area contributed by atoms with Crippen molar-refractivity contribution >= 4 is 17.7 Å². The second-order valence-electron chi connectivity index (χ2n) is 11.2. The maximum absolute atomic E-state index is 14.5. The van der Waals surface area contributed by atoms with E-state index in [0.29, 0.717) is 17.5 Å². The van der Waals surface area contributed by atoms with Crippen molar-refractivity contribution in [2.24, 2.45) is 0 Å². The molecule has 1 aliphatic heterocycles. The minimum Gasteiger partial charge on any atom is -0.342 e. The lowest BCUT2D eigenvalue weighted by molar-refractivity contribution is -0.129. The van der Waals surface area contributed by atoms with Gasteiger partial charge in [0.2, 0.25) is 5.91 Å². The monoisotopic (exact) mass is 527 g/mol. The summed E-state index contributed by atoms with van der Waals surface area (Å²) in [6.45, 7) is 2.25. The van der Waals surface area contributed by atoms with Gasteiger partial charge in [-0.05, 0) is 56.1 Å². The van der Waals surface area contributed by atoms with Crippen LogP contribution in [0.5, 0.6) is 0 Å². The standard InChI is InChI=1S/C32H37N3O2S/c36-27(34-19-10-3-11-20-34)23-38-31-33-29-26-15-7-6-14-25(26)22-32(17-8-2-9-18-32)28(29)30(37)35(31)21-16-24-12-4-1-5-13-24/h1,4-7,12-15H,2-3,8-11,16-23H2. The SMILES string of the molecule is O=C(CSc1nc2c(c(=O)n1CCc1ccccc1)C1(CCCCC1)Cc1ccccc1-2)N1CCCCC1. The van der Waals surface area contributed by atoms with Crippen molar-refractivity contribution in [1.82, 2.24) is 14.5 Å². The van der Waals surface area contributed by atoms with Gasteiger partial charge in [-0.15, -0.1) is 0 Å². The van der Waals surface area contributed by atoms with Gasteiger partial charge in [0.05, 0.1) is 17.0 Å². The zero-order valence-corrected chi connectivity index (χ0v) is 23.0. The molecule has 0 radical (unpaired) electrons. The Kier molecular flexibility index (Phi) is 7.42. The molecule has 0 N–H and O–H groups in total. The van der Waals surface area contributed by atoms with Crippen LogP contribution in [0.4, 0.5) is 0 Å². The Morgan fingerprint density at radius 1 is 0.895 bits per heavy atom. The molecule has 1 amide bonds. The van der Waals surface area contributed by atoms with Gasteiger partial charge in [-0.25, -0.2) is 4.98 Å². The number of rotatable bonds is 6. The number of carbonyl (C=O) groups is 1. The fourth-order valence-corrected chi connectivity index (χ4v) is 7.70. The van der Waals surface area contributed by atoms with Gasteiger partial charge in [0.1, 0.15) is 0 Å². The molecular weight excluding hydrogens is 490 g/mol. The first-order chi connectivity index (χ1) is 18.6. The maximum Gasteiger partial charge on any atom is 0.258 e. The number of thioether (sulfide) groups is 1. The summed E-state index contributed by atoms with van der Waals surface area (Å²) in [6, 6.07) is 18.8. The molecule has 1 saturated carbocycles. The fraction of sp³-hybridized carbons (Fsp3) is 0.469. The van der Waals surface area contributed by atoms with Crippen molar-refractivity contribution in [3.05, 3.63) is 81.6 Å². The summed E-state index contributed by atoms with van der Waals surface area (Å²) in [7, 11) is 0. The van der Waals surface area contributed by atoms with Crippen LogP contribution < -0.4 is 5.56 Å². The highest BCUT2D eigenvalue weighted by Crippen LogP contribution is 2.48. The molecule has 2 heterocycles. The summed E-state index contributed by atoms with van der Waals surface area (Å²) in [4.78, 5) is 34.8. The van der Waals surface area contributed by atoms with Crippen molar-refractivity contribution in [3.8, 4) is 11.3 Å². The number of hydrogen-bond donors (Lipinski definition) is 0. The lowest BCUT2D eigenvalue weighted by Crippen LogP contribution is -2.43. The largest absolute Gasteiger partial charge is 0.342 e. The quantitative estimate of drug-likeness (QED) is 0.291. The molecule has 3 aliphatic rings. The predicted molar refractivity (Wildman–Crippen MR) is 154 cm³/mol. The Labute approximate surface area is 229 Å². The van der Waals surface area contributed by atoms with E-state index < -0.39 is 0 Å². The smallest absolute Gasteiger partial charge is 0.258 e. The fourth-order valence-electron chi connectivity index (χ4n) is 6.78. The van der Waals surface area contributed by atoms with Crippen molar-refractivity contribution in [2.75, 3.05) is 18.8 Å². The van der Waals surface area contributed by atoms with Crippen LogP contribution in [-0.4, -0.2) is 39.2 Å². The highest BCUT2D eigenvalue weighted by Gasteiger charge is 2.43.